The first-order valence-electron chi connectivity index (χ1n) is 8.55. The quantitative estimate of drug-likeness (QED) is 0.455. The van der Waals surface area contributed by atoms with E-state index in [1.807, 2.05) is 24.3 Å². The summed E-state index contributed by atoms with van der Waals surface area (Å²) >= 11 is 0. The van der Waals surface area contributed by atoms with Gasteiger partial charge >= 0.3 is 17.4 Å². The first-order valence-corrected chi connectivity index (χ1v) is 8.55. The van der Waals surface area contributed by atoms with Gasteiger partial charge in [0.15, 0.2) is 0 Å². The average molecular weight is 430 g/mol. The van der Waals surface area contributed by atoms with Crippen molar-refractivity contribution in [2.24, 2.45) is 0 Å². The zero-order valence-electron chi connectivity index (χ0n) is 15.2. The van der Waals surface area contributed by atoms with E-state index in [4.69, 9.17) is 14.2 Å². The van der Waals surface area contributed by atoms with Crippen LogP contribution in [-0.4, -0.2) is 39.6 Å². The van der Waals surface area contributed by atoms with E-state index < -0.39 is 0 Å². The first-order chi connectivity index (χ1) is 10.9. The summed E-state index contributed by atoms with van der Waals surface area (Å²) in [5.74, 6) is 0. The van der Waals surface area contributed by atoms with Gasteiger partial charge in [-0.2, -0.15) is 35.9 Å². The van der Waals surface area contributed by atoms with E-state index in [9.17, 15) is 0 Å². The maximum Gasteiger partial charge on any atom is 3.00 e. The van der Waals surface area contributed by atoms with Crippen LogP contribution in [0.3, 0.4) is 0 Å². The number of ether oxygens (including phenoxy) is 3. The zero-order valence-corrected chi connectivity index (χ0v) is 18.0. The smallest absolute Gasteiger partial charge is 1.00 e. The number of hydrogen-bond acceptors (Lipinski definition) is 3. The van der Waals surface area contributed by atoms with E-state index in [1.165, 1.54) is 44.1 Å². The van der Waals surface area contributed by atoms with Crippen LogP contribution in [0.2, 0.25) is 0 Å². The van der Waals surface area contributed by atoms with E-state index in [0.29, 0.717) is 0 Å². The molecule has 4 rings (SSSR count). The predicted octanol–water partition coefficient (Wildman–Crippen LogP) is -1.81. The second-order valence-corrected chi connectivity index (χ2v) is 5.54. The number of hydrogen-bond donors (Lipinski definition) is 0. The first kappa shape index (κ1) is 30.0. The Morgan fingerprint density at radius 2 is 0.920 bits per heavy atom. The van der Waals surface area contributed by atoms with Gasteiger partial charge < -0.3 is 39.0 Å². The number of aryl methyl sites for hydroxylation is 1. The van der Waals surface area contributed by atoms with Gasteiger partial charge in [-0.25, -0.2) is 0 Å². The second kappa shape index (κ2) is 24.2. The maximum atomic E-state index is 4.94. The standard InChI is InChI=1S/C7H7.3C4H8O.2ClH.Cr/c1-7-5-3-2-4-6-7;3*1-2-4-5-3-1;;;/h3-6H,1H3;3*1-4H2;2*1H;/q-1;;;;;;+3/p-2. The fraction of sp³-hybridized carbons (Fsp3) is 0.684. The molecule has 3 fully saturated rings. The summed E-state index contributed by atoms with van der Waals surface area (Å²) < 4.78 is 14.8. The van der Waals surface area contributed by atoms with Crippen molar-refractivity contribution >= 4 is 0 Å². The van der Waals surface area contributed by atoms with Crippen molar-refractivity contribution in [2.45, 2.75) is 45.4 Å². The Balaban J connectivity index is -0.000000251. The van der Waals surface area contributed by atoms with Crippen molar-refractivity contribution < 1.29 is 56.4 Å². The SMILES string of the molecule is C1CCOC1.C1CCOC1.C1CCOC1.Cc1cc[c-]cc1.[Cl-].[Cl-].[Cr+3]. The van der Waals surface area contributed by atoms with Gasteiger partial charge in [-0.1, -0.05) is 6.92 Å². The van der Waals surface area contributed by atoms with Crippen LogP contribution in [0.4, 0.5) is 0 Å². The summed E-state index contributed by atoms with van der Waals surface area (Å²) in [5.41, 5.74) is 1.29. The van der Waals surface area contributed by atoms with E-state index >= 15 is 0 Å². The molecule has 0 aromatic heterocycles. The molecule has 1 aromatic carbocycles. The maximum absolute atomic E-state index is 4.94. The third kappa shape index (κ3) is 22.2. The molecular formula is C19H31Cl2CrO3. The number of rotatable bonds is 0. The summed E-state index contributed by atoms with van der Waals surface area (Å²) in [6.45, 7) is 8.06. The van der Waals surface area contributed by atoms with Crippen LogP contribution in [0.15, 0.2) is 24.3 Å². The van der Waals surface area contributed by atoms with E-state index in [1.54, 1.807) is 0 Å². The summed E-state index contributed by atoms with van der Waals surface area (Å²) in [6, 6.07) is 10.8. The zero-order chi connectivity index (χ0) is 15.7. The van der Waals surface area contributed by atoms with Gasteiger partial charge in [0.05, 0.1) is 0 Å². The molecule has 0 amide bonds. The van der Waals surface area contributed by atoms with E-state index in [2.05, 4.69) is 13.0 Å². The predicted molar refractivity (Wildman–Crippen MR) is 90.2 cm³/mol. The van der Waals surface area contributed by atoms with Crippen molar-refractivity contribution in [2.75, 3.05) is 39.6 Å². The molecule has 6 heteroatoms. The molecule has 1 radical (unpaired) electrons. The Hall–Kier alpha value is 0.212. The van der Waals surface area contributed by atoms with Crippen LogP contribution in [-0.2, 0) is 31.6 Å². The van der Waals surface area contributed by atoms with Gasteiger partial charge in [0.2, 0.25) is 0 Å². The Morgan fingerprint density at radius 1 is 0.640 bits per heavy atom. The van der Waals surface area contributed by atoms with Crippen molar-refractivity contribution in [1.29, 1.82) is 0 Å². The molecule has 0 bridgehead atoms. The second-order valence-electron chi connectivity index (χ2n) is 5.54. The Kier molecular flexibility index (Phi) is 29.0. The molecule has 145 valence electrons. The molecule has 3 heterocycles. The molecular weight excluding hydrogens is 399 g/mol. The van der Waals surface area contributed by atoms with E-state index in [0.717, 1.165) is 39.6 Å². The minimum Gasteiger partial charge on any atom is -1.00 e. The molecule has 1 aromatic rings. The molecule has 0 aliphatic carbocycles. The van der Waals surface area contributed by atoms with Gasteiger partial charge in [0.25, 0.3) is 0 Å². The van der Waals surface area contributed by atoms with Crippen LogP contribution in [0.25, 0.3) is 0 Å². The topological polar surface area (TPSA) is 27.7 Å². The van der Waals surface area contributed by atoms with Crippen molar-refractivity contribution in [3.05, 3.63) is 35.9 Å². The Morgan fingerprint density at radius 3 is 1.04 bits per heavy atom. The van der Waals surface area contributed by atoms with Crippen LogP contribution in [0, 0.1) is 13.0 Å². The number of halogens is 2. The fourth-order valence-electron chi connectivity index (χ4n) is 2.00. The molecule has 3 saturated heterocycles. The average Bonchev–Trinajstić information content (AvgIpc) is 3.37. The third-order valence-corrected chi connectivity index (χ3v) is 3.37. The minimum atomic E-state index is 0. The van der Waals surface area contributed by atoms with Crippen LogP contribution >= 0.6 is 0 Å². The molecule has 3 nitrogen and oxygen atoms in total. The van der Waals surface area contributed by atoms with Crippen molar-refractivity contribution in [3.8, 4) is 0 Å². The molecule has 3 aliphatic heterocycles. The molecule has 3 aliphatic rings. The van der Waals surface area contributed by atoms with Gasteiger partial charge in [0.1, 0.15) is 0 Å². The summed E-state index contributed by atoms with van der Waals surface area (Å²) in [7, 11) is 0. The number of benzene rings is 1. The van der Waals surface area contributed by atoms with Gasteiger partial charge in [-0.15, -0.1) is 0 Å². The molecule has 0 saturated carbocycles. The molecule has 0 N–H and O–H groups in total. The van der Waals surface area contributed by atoms with Crippen molar-refractivity contribution in [1.82, 2.24) is 0 Å². The van der Waals surface area contributed by atoms with Crippen LogP contribution in [0.1, 0.15) is 44.1 Å². The molecule has 25 heavy (non-hydrogen) atoms. The summed E-state index contributed by atoms with van der Waals surface area (Å²) in [4.78, 5) is 0. The minimum absolute atomic E-state index is 0. The van der Waals surface area contributed by atoms with Gasteiger partial charge in [0, 0.05) is 39.6 Å². The van der Waals surface area contributed by atoms with Gasteiger partial charge in [-0.05, 0) is 38.5 Å². The third-order valence-electron chi connectivity index (χ3n) is 3.37. The molecule has 0 atom stereocenters. The van der Waals surface area contributed by atoms with Crippen LogP contribution in [0.5, 0.6) is 0 Å². The van der Waals surface area contributed by atoms with E-state index in [-0.39, 0.29) is 42.2 Å². The van der Waals surface area contributed by atoms with Crippen LogP contribution < -0.4 is 24.8 Å². The fourth-order valence-corrected chi connectivity index (χ4v) is 2.00. The Labute approximate surface area is 177 Å². The Bertz CT molecular complexity index is 284. The molecule has 0 spiro atoms. The van der Waals surface area contributed by atoms with Gasteiger partial charge in [-0.3, -0.25) is 0 Å². The summed E-state index contributed by atoms with van der Waals surface area (Å²) in [5, 5.41) is 0. The monoisotopic (exact) mass is 429 g/mol. The van der Waals surface area contributed by atoms with Crippen molar-refractivity contribution in [3.63, 3.8) is 0 Å². The molecule has 0 unspecified atom stereocenters. The normalized spacial score (nSPS) is 16.8. The summed E-state index contributed by atoms with van der Waals surface area (Å²) in [6.07, 6.45) is 7.67. The largest absolute Gasteiger partial charge is 3.00 e.